The van der Waals surface area contributed by atoms with Gasteiger partial charge in [0.2, 0.25) is 0 Å². The van der Waals surface area contributed by atoms with Crippen molar-refractivity contribution < 1.29 is 4.92 Å². The Balaban J connectivity index is 1.96. The first kappa shape index (κ1) is 13.3. The van der Waals surface area contributed by atoms with E-state index in [4.69, 9.17) is 11.6 Å². The summed E-state index contributed by atoms with van der Waals surface area (Å²) in [4.78, 5) is 10.1. The SMILES string of the molecule is Cn1cnnc1CCNc1ccc([N+](=O)[O-])cc1Cl. The number of nitro benzene ring substituents is 1. The molecule has 7 nitrogen and oxygen atoms in total. The number of nitrogens with zero attached hydrogens (tertiary/aromatic N) is 4. The number of nitrogens with one attached hydrogen (secondary N) is 1. The summed E-state index contributed by atoms with van der Waals surface area (Å²) in [6, 6.07) is 4.33. The van der Waals surface area contributed by atoms with Crippen molar-refractivity contribution in [2.75, 3.05) is 11.9 Å². The number of halogens is 1. The second kappa shape index (κ2) is 5.66. The van der Waals surface area contributed by atoms with Gasteiger partial charge >= 0.3 is 0 Å². The maximum Gasteiger partial charge on any atom is 0.271 e. The third-order valence-corrected chi connectivity index (χ3v) is 2.95. The number of hydrogen-bond acceptors (Lipinski definition) is 5. The molecule has 0 atom stereocenters. The van der Waals surface area contributed by atoms with Crippen molar-refractivity contribution in [2.45, 2.75) is 6.42 Å². The first-order chi connectivity index (χ1) is 9.08. The van der Waals surface area contributed by atoms with Crippen LogP contribution in [0.15, 0.2) is 24.5 Å². The zero-order chi connectivity index (χ0) is 13.8. The van der Waals surface area contributed by atoms with Gasteiger partial charge in [-0.15, -0.1) is 10.2 Å². The van der Waals surface area contributed by atoms with E-state index in [2.05, 4.69) is 15.5 Å². The van der Waals surface area contributed by atoms with Crippen LogP contribution < -0.4 is 5.32 Å². The first-order valence-electron chi connectivity index (χ1n) is 5.58. The Morgan fingerprint density at radius 3 is 2.89 bits per heavy atom. The Kier molecular flexibility index (Phi) is 3.96. The molecule has 1 aromatic carbocycles. The van der Waals surface area contributed by atoms with Gasteiger partial charge in [0.25, 0.3) is 5.69 Å². The van der Waals surface area contributed by atoms with Crippen molar-refractivity contribution in [3.05, 3.63) is 45.5 Å². The van der Waals surface area contributed by atoms with E-state index in [1.54, 1.807) is 12.4 Å². The number of nitro groups is 1. The predicted molar refractivity (Wildman–Crippen MR) is 71.3 cm³/mol. The minimum atomic E-state index is -0.477. The Morgan fingerprint density at radius 2 is 2.32 bits per heavy atom. The third-order valence-electron chi connectivity index (χ3n) is 2.63. The summed E-state index contributed by atoms with van der Waals surface area (Å²) >= 11 is 5.97. The summed E-state index contributed by atoms with van der Waals surface area (Å²) in [7, 11) is 1.87. The number of aryl methyl sites for hydroxylation is 1. The van der Waals surface area contributed by atoms with Gasteiger partial charge in [0.05, 0.1) is 15.6 Å². The molecule has 8 heteroatoms. The van der Waals surface area contributed by atoms with Crippen molar-refractivity contribution in [1.29, 1.82) is 0 Å². The lowest BCUT2D eigenvalue weighted by Gasteiger charge is -2.07. The van der Waals surface area contributed by atoms with Gasteiger partial charge in [0.15, 0.2) is 0 Å². The topological polar surface area (TPSA) is 85.9 Å². The molecule has 0 bridgehead atoms. The molecule has 0 aliphatic carbocycles. The van der Waals surface area contributed by atoms with Crippen LogP contribution in [0.4, 0.5) is 11.4 Å². The Bertz CT molecular complexity index is 599. The molecule has 0 unspecified atom stereocenters. The second-order valence-corrected chi connectivity index (χ2v) is 4.36. The zero-order valence-corrected chi connectivity index (χ0v) is 11.0. The van der Waals surface area contributed by atoms with Crippen molar-refractivity contribution >= 4 is 23.0 Å². The lowest BCUT2D eigenvalue weighted by atomic mass is 10.2. The molecule has 0 aliphatic rings. The second-order valence-electron chi connectivity index (χ2n) is 3.96. The highest BCUT2D eigenvalue weighted by molar-refractivity contribution is 6.33. The molecule has 2 aromatic rings. The van der Waals surface area contributed by atoms with E-state index in [0.717, 1.165) is 5.82 Å². The van der Waals surface area contributed by atoms with Gasteiger partial charge < -0.3 is 9.88 Å². The molecule has 1 N–H and O–H groups in total. The number of rotatable bonds is 5. The van der Waals surface area contributed by atoms with Crippen LogP contribution >= 0.6 is 11.6 Å². The molecule has 1 aromatic heterocycles. The summed E-state index contributed by atoms with van der Waals surface area (Å²) in [6.07, 6.45) is 2.32. The lowest BCUT2D eigenvalue weighted by Crippen LogP contribution is -2.09. The van der Waals surface area contributed by atoms with Crippen LogP contribution in [-0.2, 0) is 13.5 Å². The van der Waals surface area contributed by atoms with Gasteiger partial charge in [0, 0.05) is 32.1 Å². The van der Waals surface area contributed by atoms with Gasteiger partial charge in [0.1, 0.15) is 12.2 Å². The van der Waals surface area contributed by atoms with Gasteiger partial charge in [-0.1, -0.05) is 11.6 Å². The summed E-state index contributed by atoms with van der Waals surface area (Å²) < 4.78 is 1.83. The fraction of sp³-hybridized carbons (Fsp3) is 0.273. The highest BCUT2D eigenvalue weighted by Gasteiger charge is 2.09. The molecular weight excluding hydrogens is 270 g/mol. The summed E-state index contributed by atoms with van der Waals surface area (Å²) in [5.41, 5.74) is 0.637. The predicted octanol–water partition coefficient (Wildman–Crippen LogP) is 2.03. The first-order valence-corrected chi connectivity index (χ1v) is 5.96. The Labute approximate surface area is 114 Å². The van der Waals surface area contributed by atoms with Crippen LogP contribution in [0.5, 0.6) is 0 Å². The van der Waals surface area contributed by atoms with Crippen LogP contribution in [0.25, 0.3) is 0 Å². The molecule has 0 saturated carbocycles. The number of hydrogen-bond donors (Lipinski definition) is 1. The van der Waals surface area contributed by atoms with Gasteiger partial charge in [-0.3, -0.25) is 10.1 Å². The van der Waals surface area contributed by atoms with Crippen LogP contribution in [0.1, 0.15) is 5.82 Å². The van der Waals surface area contributed by atoms with Gasteiger partial charge in [-0.05, 0) is 6.07 Å². The van der Waals surface area contributed by atoms with E-state index in [1.807, 2.05) is 11.6 Å². The molecule has 0 spiro atoms. The number of benzene rings is 1. The molecule has 100 valence electrons. The van der Waals surface area contributed by atoms with E-state index in [-0.39, 0.29) is 5.69 Å². The molecule has 0 saturated heterocycles. The lowest BCUT2D eigenvalue weighted by molar-refractivity contribution is -0.384. The molecule has 0 fully saturated rings. The maximum atomic E-state index is 10.6. The number of aromatic nitrogens is 3. The van der Waals surface area contributed by atoms with E-state index in [9.17, 15) is 10.1 Å². The van der Waals surface area contributed by atoms with Crippen LogP contribution in [0.3, 0.4) is 0 Å². The third kappa shape index (κ3) is 3.19. The largest absolute Gasteiger partial charge is 0.383 e. The molecular formula is C11H12ClN5O2. The molecule has 2 rings (SSSR count). The normalized spacial score (nSPS) is 10.4. The average Bonchev–Trinajstić information content (AvgIpc) is 2.77. The van der Waals surface area contributed by atoms with Crippen molar-refractivity contribution in [1.82, 2.24) is 14.8 Å². The fourth-order valence-corrected chi connectivity index (χ4v) is 1.84. The number of anilines is 1. The summed E-state index contributed by atoms with van der Waals surface area (Å²) in [5.74, 6) is 0.852. The maximum absolute atomic E-state index is 10.6. The van der Waals surface area contributed by atoms with Crippen molar-refractivity contribution in [3.63, 3.8) is 0 Å². The Hall–Kier alpha value is -2.15. The standard InChI is InChI=1S/C11H12ClN5O2/c1-16-7-14-15-11(16)4-5-13-10-3-2-8(17(18)19)6-9(10)12/h2-3,6-7,13H,4-5H2,1H3. The van der Waals surface area contributed by atoms with Gasteiger partial charge in [-0.25, -0.2) is 0 Å². The van der Waals surface area contributed by atoms with E-state index in [1.165, 1.54) is 12.1 Å². The molecule has 0 aliphatic heterocycles. The minimum absolute atomic E-state index is 0.0242. The highest BCUT2D eigenvalue weighted by atomic mass is 35.5. The smallest absolute Gasteiger partial charge is 0.271 e. The monoisotopic (exact) mass is 281 g/mol. The molecule has 0 radical (unpaired) electrons. The molecule has 19 heavy (non-hydrogen) atoms. The van der Waals surface area contributed by atoms with Crippen molar-refractivity contribution in [3.8, 4) is 0 Å². The highest BCUT2D eigenvalue weighted by Crippen LogP contribution is 2.26. The van der Waals surface area contributed by atoms with Crippen LogP contribution in [-0.4, -0.2) is 26.2 Å². The van der Waals surface area contributed by atoms with E-state index < -0.39 is 4.92 Å². The van der Waals surface area contributed by atoms with Gasteiger partial charge in [-0.2, -0.15) is 0 Å². The van der Waals surface area contributed by atoms with Crippen LogP contribution in [0.2, 0.25) is 5.02 Å². The Morgan fingerprint density at radius 1 is 1.53 bits per heavy atom. The van der Waals surface area contributed by atoms with Crippen LogP contribution in [0, 0.1) is 10.1 Å². The van der Waals surface area contributed by atoms with Crippen molar-refractivity contribution in [2.24, 2.45) is 7.05 Å². The quantitative estimate of drug-likeness (QED) is 0.669. The fourth-order valence-electron chi connectivity index (χ4n) is 1.60. The molecule has 0 amide bonds. The summed E-state index contributed by atoms with van der Waals surface area (Å²) in [6.45, 7) is 0.615. The average molecular weight is 282 g/mol. The van der Waals surface area contributed by atoms with E-state index >= 15 is 0 Å². The van der Waals surface area contributed by atoms with E-state index in [0.29, 0.717) is 23.7 Å². The molecule has 1 heterocycles. The summed E-state index contributed by atoms with van der Waals surface area (Å²) in [5, 5.41) is 21.8. The minimum Gasteiger partial charge on any atom is -0.383 e. The number of non-ortho nitro benzene ring substituents is 1. The zero-order valence-electron chi connectivity index (χ0n) is 10.2.